The van der Waals surface area contributed by atoms with Crippen LogP contribution in [0.3, 0.4) is 0 Å². The molecule has 17 heavy (non-hydrogen) atoms. The van der Waals surface area contributed by atoms with Crippen LogP contribution in [0, 0.1) is 0 Å². The van der Waals surface area contributed by atoms with Crippen LogP contribution in [0.5, 0.6) is 0 Å². The maximum Gasteiger partial charge on any atom is 0.106 e. The van der Waals surface area contributed by atoms with Crippen molar-refractivity contribution in [1.82, 2.24) is 4.98 Å². The van der Waals surface area contributed by atoms with E-state index in [9.17, 15) is 0 Å². The monoisotopic (exact) mass is 280 g/mol. The Kier molecular flexibility index (Phi) is 3.01. The van der Waals surface area contributed by atoms with Gasteiger partial charge in [0.05, 0.1) is 20.9 Å². The third kappa shape index (κ3) is 2.16. The molecule has 0 aliphatic heterocycles. The van der Waals surface area contributed by atoms with Crippen LogP contribution < -0.4 is 5.32 Å². The molecule has 0 aliphatic carbocycles. The number of thiazole rings is 1. The Balaban J connectivity index is 1.93. The van der Waals surface area contributed by atoms with E-state index in [0.29, 0.717) is 0 Å². The van der Waals surface area contributed by atoms with Gasteiger partial charge in [-0.2, -0.15) is 11.3 Å². The molecule has 1 aromatic carbocycles. The van der Waals surface area contributed by atoms with Crippen LogP contribution in [0.15, 0.2) is 34.5 Å². The van der Waals surface area contributed by atoms with Crippen LogP contribution >= 0.6 is 34.3 Å². The Morgan fingerprint density at radius 2 is 2.24 bits per heavy atom. The predicted octanol–water partition coefficient (Wildman–Crippen LogP) is 4.62. The molecule has 0 bridgehead atoms. The number of hydrogen-bond donors (Lipinski definition) is 1. The standard InChI is InChI=1S/C12H9ClN2S2/c13-9-1-2-10-12(15-7-17-10)11(9)14-5-8-3-4-16-6-8/h1-4,6-7,14H,5H2. The average Bonchev–Trinajstić information content (AvgIpc) is 2.97. The molecule has 2 heterocycles. The van der Waals surface area contributed by atoms with E-state index in [1.807, 2.05) is 17.6 Å². The molecule has 3 rings (SSSR count). The SMILES string of the molecule is Clc1ccc2scnc2c1NCc1ccsc1. The molecule has 0 radical (unpaired) electrons. The van der Waals surface area contributed by atoms with Gasteiger partial charge < -0.3 is 5.32 Å². The highest BCUT2D eigenvalue weighted by molar-refractivity contribution is 7.16. The number of nitrogens with zero attached hydrogens (tertiary/aromatic N) is 1. The Labute approximate surface area is 112 Å². The fourth-order valence-corrected chi connectivity index (χ4v) is 3.23. The number of hydrogen-bond acceptors (Lipinski definition) is 4. The quantitative estimate of drug-likeness (QED) is 0.757. The van der Waals surface area contributed by atoms with Gasteiger partial charge in [0.2, 0.25) is 0 Å². The van der Waals surface area contributed by atoms with Crippen molar-refractivity contribution in [1.29, 1.82) is 0 Å². The Hall–Kier alpha value is -1.10. The third-order valence-electron chi connectivity index (χ3n) is 2.50. The third-order valence-corrected chi connectivity index (χ3v) is 4.34. The number of thiophene rings is 1. The number of benzene rings is 1. The summed E-state index contributed by atoms with van der Waals surface area (Å²) in [5.41, 5.74) is 4.99. The molecule has 2 nitrogen and oxygen atoms in total. The van der Waals surface area contributed by atoms with Crippen molar-refractivity contribution in [2.45, 2.75) is 6.54 Å². The van der Waals surface area contributed by atoms with Crippen LogP contribution in [-0.4, -0.2) is 4.98 Å². The second-order valence-corrected chi connectivity index (χ2v) is 5.68. The molecule has 0 spiro atoms. The molecule has 1 N–H and O–H groups in total. The maximum absolute atomic E-state index is 6.21. The molecule has 0 fully saturated rings. The first kappa shape index (κ1) is 11.0. The second-order valence-electron chi connectivity index (χ2n) is 3.61. The lowest BCUT2D eigenvalue weighted by atomic mass is 10.2. The molecule has 86 valence electrons. The summed E-state index contributed by atoms with van der Waals surface area (Å²) in [5, 5.41) is 8.28. The van der Waals surface area contributed by atoms with Crippen LogP contribution in [0.1, 0.15) is 5.56 Å². The number of nitrogens with one attached hydrogen (secondary N) is 1. The predicted molar refractivity (Wildman–Crippen MR) is 76.3 cm³/mol. The van der Waals surface area contributed by atoms with Gasteiger partial charge >= 0.3 is 0 Å². The molecule has 3 aromatic rings. The summed E-state index contributed by atoms with van der Waals surface area (Å²) in [5.74, 6) is 0. The molecule has 0 saturated carbocycles. The van der Waals surface area contributed by atoms with Crippen molar-refractivity contribution in [2.24, 2.45) is 0 Å². The molecule has 0 aliphatic rings. The number of anilines is 1. The maximum atomic E-state index is 6.21. The van der Waals surface area contributed by atoms with Crippen molar-refractivity contribution in [3.8, 4) is 0 Å². The zero-order chi connectivity index (χ0) is 11.7. The van der Waals surface area contributed by atoms with Crippen molar-refractivity contribution < 1.29 is 0 Å². The van der Waals surface area contributed by atoms with E-state index in [2.05, 4.69) is 27.1 Å². The van der Waals surface area contributed by atoms with Crippen LogP contribution in [0.25, 0.3) is 10.2 Å². The van der Waals surface area contributed by atoms with Gasteiger partial charge in [0, 0.05) is 6.54 Å². The van der Waals surface area contributed by atoms with Crippen molar-refractivity contribution in [2.75, 3.05) is 5.32 Å². The minimum atomic E-state index is 0.721. The van der Waals surface area contributed by atoms with E-state index in [1.54, 1.807) is 22.7 Å². The second kappa shape index (κ2) is 4.64. The molecular formula is C12H9ClN2S2. The van der Waals surface area contributed by atoms with E-state index in [0.717, 1.165) is 27.5 Å². The van der Waals surface area contributed by atoms with Gasteiger partial charge in [-0.3, -0.25) is 0 Å². The summed E-state index contributed by atoms with van der Waals surface area (Å²) in [4.78, 5) is 4.35. The van der Waals surface area contributed by atoms with Crippen molar-refractivity contribution in [3.05, 3.63) is 45.1 Å². The highest BCUT2D eigenvalue weighted by Gasteiger charge is 2.08. The summed E-state index contributed by atoms with van der Waals surface area (Å²) < 4.78 is 1.15. The summed E-state index contributed by atoms with van der Waals surface area (Å²) in [7, 11) is 0. The van der Waals surface area contributed by atoms with Gasteiger partial charge in [-0.15, -0.1) is 11.3 Å². The molecule has 0 unspecified atom stereocenters. The van der Waals surface area contributed by atoms with Crippen LogP contribution in [-0.2, 0) is 6.54 Å². The highest BCUT2D eigenvalue weighted by atomic mass is 35.5. The summed E-state index contributed by atoms with van der Waals surface area (Å²) in [6, 6.07) is 6.02. The average molecular weight is 281 g/mol. The van der Waals surface area contributed by atoms with Crippen LogP contribution in [0.2, 0.25) is 5.02 Å². The van der Waals surface area contributed by atoms with E-state index in [1.165, 1.54) is 5.56 Å². The van der Waals surface area contributed by atoms with Crippen molar-refractivity contribution in [3.63, 3.8) is 0 Å². The first-order valence-corrected chi connectivity index (χ1v) is 7.31. The normalized spacial score (nSPS) is 10.9. The van der Waals surface area contributed by atoms with E-state index in [4.69, 9.17) is 11.6 Å². The van der Waals surface area contributed by atoms with Gasteiger partial charge in [-0.05, 0) is 34.5 Å². The molecule has 2 aromatic heterocycles. The zero-order valence-corrected chi connectivity index (χ0v) is 11.2. The Bertz CT molecular complexity index is 631. The van der Waals surface area contributed by atoms with Gasteiger partial charge in [0.1, 0.15) is 5.52 Å². The van der Waals surface area contributed by atoms with Crippen LogP contribution in [0.4, 0.5) is 5.69 Å². The first-order valence-electron chi connectivity index (χ1n) is 5.11. The summed E-state index contributed by atoms with van der Waals surface area (Å²) in [6.45, 7) is 0.778. The topological polar surface area (TPSA) is 24.9 Å². The largest absolute Gasteiger partial charge is 0.378 e. The lowest BCUT2D eigenvalue weighted by Gasteiger charge is -2.08. The minimum absolute atomic E-state index is 0.721. The summed E-state index contributed by atoms with van der Waals surface area (Å²) in [6.07, 6.45) is 0. The number of rotatable bonds is 3. The van der Waals surface area contributed by atoms with E-state index < -0.39 is 0 Å². The van der Waals surface area contributed by atoms with E-state index >= 15 is 0 Å². The highest BCUT2D eigenvalue weighted by Crippen LogP contribution is 2.32. The number of aromatic nitrogens is 1. The van der Waals surface area contributed by atoms with Gasteiger partial charge in [0.15, 0.2) is 0 Å². The summed E-state index contributed by atoms with van der Waals surface area (Å²) >= 11 is 9.53. The molecule has 5 heteroatoms. The van der Waals surface area contributed by atoms with Gasteiger partial charge in [-0.25, -0.2) is 4.98 Å². The van der Waals surface area contributed by atoms with Crippen molar-refractivity contribution >= 4 is 50.2 Å². The fraction of sp³-hybridized carbons (Fsp3) is 0.0833. The van der Waals surface area contributed by atoms with E-state index in [-0.39, 0.29) is 0 Å². The Morgan fingerprint density at radius 3 is 3.06 bits per heavy atom. The zero-order valence-electron chi connectivity index (χ0n) is 8.81. The first-order chi connectivity index (χ1) is 8.34. The van der Waals surface area contributed by atoms with Gasteiger partial charge in [-0.1, -0.05) is 11.6 Å². The molecule has 0 saturated heterocycles. The fourth-order valence-electron chi connectivity index (χ4n) is 1.66. The number of fused-ring (bicyclic) bond motifs is 1. The van der Waals surface area contributed by atoms with Gasteiger partial charge in [0.25, 0.3) is 0 Å². The Morgan fingerprint density at radius 1 is 1.29 bits per heavy atom. The molecular weight excluding hydrogens is 272 g/mol. The lowest BCUT2D eigenvalue weighted by molar-refractivity contribution is 1.17. The molecule has 0 atom stereocenters. The number of halogens is 1. The minimum Gasteiger partial charge on any atom is -0.378 e. The lowest BCUT2D eigenvalue weighted by Crippen LogP contribution is -1.99. The molecule has 0 amide bonds. The smallest absolute Gasteiger partial charge is 0.106 e.